The van der Waals surface area contributed by atoms with Crippen LogP contribution in [0, 0.1) is 11.3 Å². The summed E-state index contributed by atoms with van der Waals surface area (Å²) in [5.74, 6) is 0. The molecule has 2 nitrogen and oxygen atoms in total. The van der Waals surface area contributed by atoms with Crippen LogP contribution in [0.15, 0.2) is 35.9 Å². The van der Waals surface area contributed by atoms with E-state index in [1.807, 2.05) is 24.3 Å². The van der Waals surface area contributed by atoms with Crippen LogP contribution in [-0.4, -0.2) is 17.5 Å². The van der Waals surface area contributed by atoms with E-state index in [2.05, 4.69) is 31.4 Å². The van der Waals surface area contributed by atoms with Crippen molar-refractivity contribution in [1.82, 2.24) is 4.90 Å². The molecule has 90 valence electrons. The predicted octanol–water partition coefficient (Wildman–Crippen LogP) is 3.52. The fourth-order valence-corrected chi connectivity index (χ4v) is 1.71. The first-order valence-corrected chi connectivity index (χ1v) is 5.97. The fourth-order valence-electron chi connectivity index (χ4n) is 1.56. The van der Waals surface area contributed by atoms with Gasteiger partial charge in [-0.15, -0.1) is 0 Å². The van der Waals surface area contributed by atoms with Crippen LogP contribution in [0.25, 0.3) is 0 Å². The maximum Gasteiger partial charge on any atom is 0.0991 e. The third kappa shape index (κ3) is 4.60. The van der Waals surface area contributed by atoms with Gasteiger partial charge in [-0.1, -0.05) is 30.3 Å². The molecule has 0 unspecified atom stereocenters. The maximum atomic E-state index is 8.73. The molecule has 1 aromatic rings. The van der Waals surface area contributed by atoms with Crippen LogP contribution < -0.4 is 0 Å². The summed E-state index contributed by atoms with van der Waals surface area (Å²) < 4.78 is 0. The van der Waals surface area contributed by atoms with Gasteiger partial charge in [-0.05, 0) is 31.5 Å². The highest BCUT2D eigenvalue weighted by molar-refractivity contribution is 6.29. The van der Waals surface area contributed by atoms with Gasteiger partial charge in [0.1, 0.15) is 0 Å². The summed E-state index contributed by atoms with van der Waals surface area (Å²) in [5, 5.41) is 9.37. The molecule has 3 heteroatoms. The Kier molecular flexibility index (Phi) is 5.21. The van der Waals surface area contributed by atoms with Gasteiger partial charge in [0.15, 0.2) is 0 Å². The minimum absolute atomic E-state index is 0.404. The molecule has 0 amide bonds. The minimum atomic E-state index is 0.404. The summed E-state index contributed by atoms with van der Waals surface area (Å²) in [5.41, 5.74) is 1.86. The molecule has 0 aliphatic heterocycles. The van der Waals surface area contributed by atoms with Gasteiger partial charge in [-0.25, -0.2) is 0 Å². The standard InChI is InChI=1S/C14H17ClN2/c1-11(2)17(9-12(3)15)10-14-6-4-13(8-16)5-7-14/h4-7,11H,3,9-10H2,1-2H3. The van der Waals surface area contributed by atoms with Crippen molar-refractivity contribution in [2.75, 3.05) is 6.54 Å². The van der Waals surface area contributed by atoms with E-state index in [4.69, 9.17) is 16.9 Å². The summed E-state index contributed by atoms with van der Waals surface area (Å²) >= 11 is 5.85. The van der Waals surface area contributed by atoms with Gasteiger partial charge in [0.25, 0.3) is 0 Å². The topological polar surface area (TPSA) is 27.0 Å². The Bertz CT molecular complexity index is 415. The van der Waals surface area contributed by atoms with E-state index in [1.54, 1.807) is 0 Å². The van der Waals surface area contributed by atoms with Crippen molar-refractivity contribution in [1.29, 1.82) is 5.26 Å². The molecule has 0 aromatic heterocycles. The second kappa shape index (κ2) is 6.44. The zero-order valence-corrected chi connectivity index (χ0v) is 11.0. The number of halogens is 1. The molecule has 1 rings (SSSR count). The smallest absolute Gasteiger partial charge is 0.0991 e. The molecule has 0 aliphatic rings. The maximum absolute atomic E-state index is 8.73. The molecule has 1 aromatic carbocycles. The average Bonchev–Trinajstić information content (AvgIpc) is 2.28. The zero-order chi connectivity index (χ0) is 12.8. The monoisotopic (exact) mass is 248 g/mol. The zero-order valence-electron chi connectivity index (χ0n) is 10.3. The van der Waals surface area contributed by atoms with Gasteiger partial charge in [-0.3, -0.25) is 4.90 Å². The van der Waals surface area contributed by atoms with Crippen molar-refractivity contribution in [2.45, 2.75) is 26.4 Å². The lowest BCUT2D eigenvalue weighted by atomic mass is 10.1. The Morgan fingerprint density at radius 1 is 1.41 bits per heavy atom. The van der Waals surface area contributed by atoms with Crippen LogP contribution in [0.1, 0.15) is 25.0 Å². The minimum Gasteiger partial charge on any atom is -0.292 e. The highest BCUT2D eigenvalue weighted by Crippen LogP contribution is 2.12. The van der Waals surface area contributed by atoms with Crippen molar-refractivity contribution in [3.8, 4) is 6.07 Å². The van der Waals surface area contributed by atoms with Crippen LogP contribution >= 0.6 is 11.6 Å². The van der Waals surface area contributed by atoms with E-state index in [0.29, 0.717) is 23.2 Å². The summed E-state index contributed by atoms with van der Waals surface area (Å²) in [4.78, 5) is 2.23. The first-order chi connectivity index (χ1) is 8.02. The third-order valence-corrected chi connectivity index (χ3v) is 2.69. The lowest BCUT2D eigenvalue weighted by molar-refractivity contribution is 0.235. The number of nitriles is 1. The summed E-state index contributed by atoms with van der Waals surface area (Å²) in [6.45, 7) is 9.48. The summed E-state index contributed by atoms with van der Waals surface area (Å²) in [6, 6.07) is 10.1. The summed E-state index contributed by atoms with van der Waals surface area (Å²) in [7, 11) is 0. The molecule has 0 saturated heterocycles. The lowest BCUT2D eigenvalue weighted by Crippen LogP contribution is -2.31. The molecule has 0 saturated carbocycles. The fraction of sp³-hybridized carbons (Fsp3) is 0.357. The number of hydrogen-bond donors (Lipinski definition) is 0. The Morgan fingerprint density at radius 3 is 2.41 bits per heavy atom. The van der Waals surface area contributed by atoms with E-state index in [1.165, 1.54) is 5.56 Å². The van der Waals surface area contributed by atoms with Gasteiger partial charge < -0.3 is 0 Å². The van der Waals surface area contributed by atoms with Crippen molar-refractivity contribution in [2.24, 2.45) is 0 Å². The molecule has 0 fully saturated rings. The molecule has 17 heavy (non-hydrogen) atoms. The van der Waals surface area contributed by atoms with Gasteiger partial charge in [-0.2, -0.15) is 5.26 Å². The highest BCUT2D eigenvalue weighted by Gasteiger charge is 2.10. The van der Waals surface area contributed by atoms with E-state index in [9.17, 15) is 0 Å². The number of hydrogen-bond acceptors (Lipinski definition) is 2. The van der Waals surface area contributed by atoms with Crippen LogP contribution in [0.4, 0.5) is 0 Å². The van der Waals surface area contributed by atoms with Crippen LogP contribution in [0.3, 0.4) is 0 Å². The van der Waals surface area contributed by atoms with Gasteiger partial charge in [0, 0.05) is 24.2 Å². The molecular formula is C14H17ClN2. The Hall–Kier alpha value is -1.30. The molecule has 0 spiro atoms. The summed E-state index contributed by atoms with van der Waals surface area (Å²) in [6.07, 6.45) is 0. The highest BCUT2D eigenvalue weighted by atomic mass is 35.5. The van der Waals surface area contributed by atoms with Gasteiger partial charge in [0.2, 0.25) is 0 Å². The van der Waals surface area contributed by atoms with Crippen molar-refractivity contribution in [3.05, 3.63) is 47.0 Å². The number of rotatable bonds is 5. The van der Waals surface area contributed by atoms with Gasteiger partial charge >= 0.3 is 0 Å². The van der Waals surface area contributed by atoms with Crippen molar-refractivity contribution in [3.63, 3.8) is 0 Å². The normalized spacial score (nSPS) is 10.6. The molecule has 0 N–H and O–H groups in total. The molecule has 0 radical (unpaired) electrons. The first kappa shape index (κ1) is 13.8. The average molecular weight is 249 g/mol. The number of nitrogens with zero attached hydrogens (tertiary/aromatic N) is 2. The quantitative estimate of drug-likeness (QED) is 0.797. The largest absolute Gasteiger partial charge is 0.292 e. The Balaban J connectivity index is 2.72. The predicted molar refractivity (Wildman–Crippen MR) is 71.7 cm³/mol. The SMILES string of the molecule is C=C(Cl)CN(Cc1ccc(C#N)cc1)C(C)C. The third-order valence-electron chi connectivity index (χ3n) is 2.57. The van der Waals surface area contributed by atoms with Gasteiger partial charge in [0.05, 0.1) is 11.6 Å². The first-order valence-electron chi connectivity index (χ1n) is 5.59. The van der Waals surface area contributed by atoms with Crippen molar-refractivity contribution >= 4 is 11.6 Å². The number of benzene rings is 1. The van der Waals surface area contributed by atoms with E-state index in [0.717, 1.165) is 6.54 Å². The van der Waals surface area contributed by atoms with Crippen molar-refractivity contribution < 1.29 is 0 Å². The van der Waals surface area contributed by atoms with Crippen LogP contribution in [0.5, 0.6) is 0 Å². The van der Waals surface area contributed by atoms with Crippen LogP contribution in [0.2, 0.25) is 0 Å². The van der Waals surface area contributed by atoms with E-state index >= 15 is 0 Å². The molecule has 0 atom stereocenters. The van der Waals surface area contributed by atoms with Crippen LogP contribution in [-0.2, 0) is 6.54 Å². The molecule has 0 heterocycles. The molecule has 0 bridgehead atoms. The molecule has 0 aliphatic carbocycles. The second-order valence-corrected chi connectivity index (χ2v) is 4.86. The Labute approximate surface area is 108 Å². The van der Waals surface area contributed by atoms with E-state index < -0.39 is 0 Å². The second-order valence-electron chi connectivity index (χ2n) is 4.32. The van der Waals surface area contributed by atoms with E-state index in [-0.39, 0.29) is 0 Å². The molecular weight excluding hydrogens is 232 g/mol. The Morgan fingerprint density at radius 2 is 2.00 bits per heavy atom. The lowest BCUT2D eigenvalue weighted by Gasteiger charge is -2.26.